The Labute approximate surface area is 126 Å². The summed E-state index contributed by atoms with van der Waals surface area (Å²) in [4.78, 5) is 28.3. The number of hydrogen-bond donors (Lipinski definition) is 1. The van der Waals surface area contributed by atoms with Gasteiger partial charge in [-0.25, -0.2) is 0 Å². The molecule has 0 aromatic heterocycles. The molecule has 0 bridgehead atoms. The molecule has 2 unspecified atom stereocenters. The molecule has 21 heavy (non-hydrogen) atoms. The predicted octanol–water partition coefficient (Wildman–Crippen LogP) is 0.224. The van der Waals surface area contributed by atoms with Gasteiger partial charge in [-0.3, -0.25) is 14.5 Å². The third-order valence-corrected chi connectivity index (χ3v) is 4.44. The maximum Gasteiger partial charge on any atom is 0.312 e. The zero-order valence-electron chi connectivity index (χ0n) is 13.1. The Kier molecular flexibility index (Phi) is 5.99. The van der Waals surface area contributed by atoms with Crippen LogP contribution in [0.5, 0.6) is 0 Å². The van der Waals surface area contributed by atoms with Crippen LogP contribution in [-0.2, 0) is 14.3 Å². The first-order chi connectivity index (χ1) is 10.1. The molecule has 2 heterocycles. The Hall–Kier alpha value is -1.14. The molecule has 1 N–H and O–H groups in total. The van der Waals surface area contributed by atoms with Crippen LogP contribution >= 0.6 is 0 Å². The highest BCUT2D eigenvalue weighted by Crippen LogP contribution is 2.22. The molecule has 120 valence electrons. The fourth-order valence-corrected chi connectivity index (χ4v) is 3.17. The minimum absolute atomic E-state index is 0.159. The average molecular weight is 297 g/mol. The van der Waals surface area contributed by atoms with Crippen LogP contribution in [0.15, 0.2) is 0 Å². The van der Waals surface area contributed by atoms with Crippen molar-refractivity contribution in [3.05, 3.63) is 0 Å². The van der Waals surface area contributed by atoms with Crippen molar-refractivity contribution in [3.63, 3.8) is 0 Å². The van der Waals surface area contributed by atoms with Gasteiger partial charge in [-0.05, 0) is 33.1 Å². The highest BCUT2D eigenvalue weighted by Gasteiger charge is 2.32. The Balaban J connectivity index is 1.75. The summed E-state index contributed by atoms with van der Waals surface area (Å²) in [5, 5.41) is 2.76. The van der Waals surface area contributed by atoms with E-state index in [1.807, 2.05) is 13.8 Å². The van der Waals surface area contributed by atoms with Crippen molar-refractivity contribution >= 4 is 11.8 Å². The molecular weight excluding hydrogens is 270 g/mol. The zero-order chi connectivity index (χ0) is 15.2. The van der Waals surface area contributed by atoms with Crippen molar-refractivity contribution < 1.29 is 14.3 Å². The van der Waals surface area contributed by atoms with Crippen LogP contribution in [-0.4, -0.2) is 73.1 Å². The second-order valence-electron chi connectivity index (χ2n) is 6.05. The third kappa shape index (κ3) is 4.41. The lowest BCUT2D eigenvalue weighted by molar-refractivity contribution is -0.150. The summed E-state index contributed by atoms with van der Waals surface area (Å²) in [6, 6.07) is 0.317. The van der Waals surface area contributed by atoms with Crippen molar-refractivity contribution in [1.29, 1.82) is 0 Å². The summed E-state index contributed by atoms with van der Waals surface area (Å²) in [5.74, 6) is -0.847. The topological polar surface area (TPSA) is 61.9 Å². The lowest BCUT2D eigenvalue weighted by Crippen LogP contribution is -2.53. The lowest BCUT2D eigenvalue weighted by atomic mass is 9.97. The number of rotatable bonds is 3. The van der Waals surface area contributed by atoms with Gasteiger partial charge in [-0.1, -0.05) is 0 Å². The number of nitrogens with zero attached hydrogens (tertiary/aromatic N) is 2. The molecule has 6 nitrogen and oxygen atoms in total. The van der Waals surface area contributed by atoms with Gasteiger partial charge >= 0.3 is 11.8 Å². The second-order valence-corrected chi connectivity index (χ2v) is 6.05. The van der Waals surface area contributed by atoms with Crippen LogP contribution in [0.2, 0.25) is 0 Å². The van der Waals surface area contributed by atoms with Gasteiger partial charge in [-0.2, -0.15) is 0 Å². The molecule has 2 aliphatic heterocycles. The fourth-order valence-electron chi connectivity index (χ4n) is 3.17. The van der Waals surface area contributed by atoms with Crippen LogP contribution in [0.25, 0.3) is 0 Å². The van der Waals surface area contributed by atoms with E-state index in [-0.39, 0.29) is 18.0 Å². The average Bonchev–Trinajstić information content (AvgIpc) is 2.48. The van der Waals surface area contributed by atoms with Crippen LogP contribution in [0.3, 0.4) is 0 Å². The van der Waals surface area contributed by atoms with Crippen molar-refractivity contribution in [3.8, 4) is 0 Å². The molecule has 2 rings (SSSR count). The van der Waals surface area contributed by atoms with Gasteiger partial charge < -0.3 is 15.0 Å². The number of morpholine rings is 1. The molecule has 2 fully saturated rings. The van der Waals surface area contributed by atoms with Gasteiger partial charge in [0.05, 0.1) is 13.2 Å². The highest BCUT2D eigenvalue weighted by molar-refractivity contribution is 6.35. The summed E-state index contributed by atoms with van der Waals surface area (Å²) in [6.07, 6.45) is 3.10. The van der Waals surface area contributed by atoms with E-state index in [0.717, 1.165) is 52.1 Å². The van der Waals surface area contributed by atoms with Gasteiger partial charge in [0, 0.05) is 38.3 Å². The van der Waals surface area contributed by atoms with Crippen LogP contribution in [0.1, 0.15) is 33.1 Å². The molecule has 6 heteroatoms. The molecule has 2 amide bonds. The number of nitrogens with one attached hydrogen (secondary N) is 1. The number of carbonyl (C=O) groups is 2. The number of piperidine rings is 1. The smallest absolute Gasteiger partial charge is 0.312 e. The standard InChI is InChI=1S/C15H27N3O3/c1-12-4-3-5-13(2)18(12)15(20)14(19)16-6-7-17-8-10-21-11-9-17/h12-13H,3-11H2,1-2H3,(H,16,19). The van der Waals surface area contributed by atoms with E-state index in [4.69, 9.17) is 4.74 Å². The predicted molar refractivity (Wildman–Crippen MR) is 79.9 cm³/mol. The van der Waals surface area contributed by atoms with Gasteiger partial charge in [-0.15, -0.1) is 0 Å². The highest BCUT2D eigenvalue weighted by atomic mass is 16.5. The number of hydrogen-bond acceptors (Lipinski definition) is 4. The van der Waals surface area contributed by atoms with Gasteiger partial charge in [0.25, 0.3) is 0 Å². The molecule has 0 aromatic rings. The molecular formula is C15H27N3O3. The molecule has 0 spiro atoms. The monoisotopic (exact) mass is 297 g/mol. The van der Waals surface area contributed by atoms with E-state index in [1.54, 1.807) is 4.90 Å². The Bertz CT molecular complexity index is 359. The SMILES string of the molecule is CC1CCCC(C)N1C(=O)C(=O)NCCN1CCOCC1. The van der Waals surface area contributed by atoms with E-state index in [2.05, 4.69) is 10.2 Å². The van der Waals surface area contributed by atoms with Gasteiger partial charge in [0.2, 0.25) is 0 Å². The minimum Gasteiger partial charge on any atom is -0.379 e. The largest absolute Gasteiger partial charge is 0.379 e. The molecule has 2 saturated heterocycles. The number of carbonyl (C=O) groups excluding carboxylic acids is 2. The third-order valence-electron chi connectivity index (χ3n) is 4.44. The van der Waals surface area contributed by atoms with Crippen LogP contribution in [0, 0.1) is 0 Å². The minimum atomic E-state index is -0.469. The van der Waals surface area contributed by atoms with Gasteiger partial charge in [0.15, 0.2) is 0 Å². The summed E-state index contributed by atoms with van der Waals surface area (Å²) in [7, 11) is 0. The normalized spacial score (nSPS) is 27.4. The first-order valence-corrected chi connectivity index (χ1v) is 8.00. The number of amides is 2. The van der Waals surface area contributed by atoms with E-state index in [0.29, 0.717) is 6.54 Å². The Morgan fingerprint density at radius 2 is 1.76 bits per heavy atom. The summed E-state index contributed by atoms with van der Waals surface area (Å²) < 4.78 is 5.28. The molecule has 2 atom stereocenters. The Morgan fingerprint density at radius 1 is 1.14 bits per heavy atom. The molecule has 0 radical (unpaired) electrons. The first kappa shape index (κ1) is 16.2. The van der Waals surface area contributed by atoms with Crippen LogP contribution in [0.4, 0.5) is 0 Å². The van der Waals surface area contributed by atoms with E-state index >= 15 is 0 Å². The fraction of sp³-hybridized carbons (Fsp3) is 0.867. The summed E-state index contributed by atoms with van der Waals surface area (Å²) in [5.41, 5.74) is 0. The zero-order valence-corrected chi connectivity index (χ0v) is 13.1. The Morgan fingerprint density at radius 3 is 2.38 bits per heavy atom. The molecule has 0 saturated carbocycles. The number of likely N-dealkylation sites (tertiary alicyclic amines) is 1. The maximum atomic E-state index is 12.3. The lowest BCUT2D eigenvalue weighted by Gasteiger charge is -2.38. The van der Waals surface area contributed by atoms with Crippen LogP contribution < -0.4 is 5.32 Å². The quantitative estimate of drug-likeness (QED) is 0.757. The van der Waals surface area contributed by atoms with Crippen molar-refractivity contribution in [2.45, 2.75) is 45.2 Å². The number of ether oxygens (including phenoxy) is 1. The molecule has 0 aliphatic carbocycles. The first-order valence-electron chi connectivity index (χ1n) is 8.00. The maximum absolute atomic E-state index is 12.3. The second kappa shape index (κ2) is 7.75. The molecule has 0 aromatic carbocycles. The summed E-state index contributed by atoms with van der Waals surface area (Å²) in [6.45, 7) is 8.61. The van der Waals surface area contributed by atoms with E-state index in [1.165, 1.54) is 0 Å². The molecule has 2 aliphatic rings. The van der Waals surface area contributed by atoms with E-state index in [9.17, 15) is 9.59 Å². The van der Waals surface area contributed by atoms with Gasteiger partial charge in [0.1, 0.15) is 0 Å². The summed E-state index contributed by atoms with van der Waals surface area (Å²) >= 11 is 0. The van der Waals surface area contributed by atoms with Crippen molar-refractivity contribution in [2.75, 3.05) is 39.4 Å². The van der Waals surface area contributed by atoms with Crippen molar-refractivity contribution in [1.82, 2.24) is 15.1 Å². The van der Waals surface area contributed by atoms with Crippen molar-refractivity contribution in [2.24, 2.45) is 0 Å². The van der Waals surface area contributed by atoms with E-state index < -0.39 is 5.91 Å².